The molecule has 0 spiro atoms. The second-order valence-electron chi connectivity index (χ2n) is 11.0. The molecule has 28 heteroatoms. The van der Waals surface area contributed by atoms with E-state index in [1.54, 1.807) is 42.2 Å². The largest absolute Gasteiger partial charge is 0.453 e. The van der Waals surface area contributed by atoms with Gasteiger partial charge < -0.3 is 46.7 Å². The van der Waals surface area contributed by atoms with Crippen molar-refractivity contribution in [1.29, 1.82) is 0 Å². The Morgan fingerprint density at radius 3 is 0.705 bits per heavy atom. The number of methoxy groups -OCH3 is 1. The maximum Gasteiger partial charge on any atom is 0.407 e. The van der Waals surface area contributed by atoms with Crippen LogP contribution in [0.25, 0.3) is 0 Å². The Morgan fingerprint density at radius 2 is 0.689 bits per heavy atom. The predicted octanol–water partition coefficient (Wildman–Crippen LogP) is -1.46. The summed E-state index contributed by atoms with van der Waals surface area (Å²) in [6.45, 7) is 15.1. The summed E-state index contributed by atoms with van der Waals surface area (Å²) in [4.78, 5) is 69.6. The summed E-state index contributed by atoms with van der Waals surface area (Å²) in [7, 11) is 7.83. The van der Waals surface area contributed by atoms with Crippen molar-refractivity contribution >= 4 is 71.8 Å². The van der Waals surface area contributed by atoms with E-state index < -0.39 is 36.2 Å². The number of rotatable bonds is 6. The molecule has 372 valence electrons. The van der Waals surface area contributed by atoms with E-state index >= 15 is 0 Å². The quantitative estimate of drug-likeness (QED) is 0.146. The van der Waals surface area contributed by atoms with Gasteiger partial charge in [-0.1, -0.05) is 13.8 Å². The normalized spacial score (nSPS) is 9.08. The lowest BCUT2D eigenvalue weighted by atomic mass is 10.2. The first-order valence-electron chi connectivity index (χ1n) is 17.7. The van der Waals surface area contributed by atoms with Gasteiger partial charge >= 0.3 is 12.2 Å². The Bertz CT molecular complexity index is 1310. The highest BCUT2D eigenvalue weighted by atomic mass is 32.2. The third-order valence-electron chi connectivity index (χ3n) is 4.68. The average molecular weight is 955 g/mol. The van der Waals surface area contributed by atoms with Crippen molar-refractivity contribution in [2.45, 2.75) is 80.8 Å². The molecule has 0 aliphatic carbocycles. The molecule has 0 bridgehead atoms. The third kappa shape index (κ3) is 150. The number of sulfonamides is 3. The Morgan fingerprint density at radius 1 is 0.459 bits per heavy atom. The van der Waals surface area contributed by atoms with Crippen LogP contribution in [0.4, 0.5) is 9.59 Å². The molecule has 0 saturated carbocycles. The Balaban J connectivity index is -0.0000000595. The van der Waals surface area contributed by atoms with Crippen LogP contribution in [0.1, 0.15) is 75.2 Å². The van der Waals surface area contributed by atoms with Gasteiger partial charge in [0.05, 0.1) is 25.4 Å². The monoisotopic (exact) mass is 955 g/mol. The molecule has 0 rings (SSSR count). The van der Waals surface area contributed by atoms with Gasteiger partial charge in [-0.2, -0.15) is 0 Å². The van der Waals surface area contributed by atoms with Gasteiger partial charge in [0.15, 0.2) is 0 Å². The molecule has 61 heavy (non-hydrogen) atoms. The van der Waals surface area contributed by atoms with Gasteiger partial charge in [0.2, 0.25) is 59.6 Å². The van der Waals surface area contributed by atoms with E-state index in [2.05, 4.69) is 56.1 Å². The fourth-order valence-corrected chi connectivity index (χ4v) is 1.22. The lowest BCUT2D eigenvalue weighted by molar-refractivity contribution is -0.121. The topological polar surface area (TPSA) is 361 Å². The molecule has 25 nitrogen and oxygen atoms in total. The number of hydrogen-bond donors (Lipinski definition) is 10. The van der Waals surface area contributed by atoms with Gasteiger partial charge in [-0.25, -0.2) is 49.0 Å². The second kappa shape index (κ2) is 53.6. The van der Waals surface area contributed by atoms with Gasteiger partial charge in [-0.3, -0.25) is 24.0 Å². The fraction of sp³-hybridized carbons (Fsp3) is 0.788. The number of alkyl carbamates (subject to hydrolysis) is 2. The van der Waals surface area contributed by atoms with Crippen LogP contribution in [0.5, 0.6) is 0 Å². The van der Waals surface area contributed by atoms with E-state index in [9.17, 15) is 58.8 Å². The van der Waals surface area contributed by atoms with Crippen LogP contribution in [0.2, 0.25) is 0 Å². The van der Waals surface area contributed by atoms with Crippen molar-refractivity contribution < 1.29 is 68.3 Å². The highest BCUT2D eigenvalue weighted by Gasteiger charge is 2.14. The van der Waals surface area contributed by atoms with Gasteiger partial charge in [0, 0.05) is 82.9 Å². The molecule has 0 aromatic rings. The third-order valence-corrected chi connectivity index (χ3v) is 7.55. The first-order valence-corrected chi connectivity index (χ1v) is 23.2. The standard InChI is InChI=1S/C6H13NO2.2C4H9NO.C3H9NO2S.C3H7NO2.3C3H7NO.2C2H7NO2S/c1-6(2,3)9-5(8)7-4;2*1-3-4(6)5-2;1-3-7(5,6)4-2;1-4-3(5)6-2;3*1-3(5)4-2;2*1-3-6(2,4)5/h1-4H3,(H,7,8);2*3H2,1-2H3,(H,5,6);4H,3H2,1-2H3;1-2H3,(H,4,5);3*1-2H3,(H,4,5);2*3H,1-2H3. The van der Waals surface area contributed by atoms with Crippen molar-refractivity contribution in [1.82, 2.24) is 51.4 Å². The first-order chi connectivity index (χ1) is 27.4. The van der Waals surface area contributed by atoms with Crippen molar-refractivity contribution in [3.05, 3.63) is 0 Å². The minimum absolute atomic E-state index is 0.00463. The van der Waals surface area contributed by atoms with Crippen molar-refractivity contribution in [3.63, 3.8) is 0 Å². The Kier molecular flexibility index (Phi) is 70.9. The summed E-state index contributed by atoms with van der Waals surface area (Å²) >= 11 is 0. The number of nitrogens with one attached hydrogen (secondary N) is 10. The molecule has 0 heterocycles. The highest BCUT2D eigenvalue weighted by molar-refractivity contribution is 7.89. The lowest BCUT2D eigenvalue weighted by Gasteiger charge is -2.18. The SMILES string of the molecule is CCC(=O)NC.CCC(=O)NC.CCS(=O)(=O)NC.CNC(=O)OC.CNC(=O)OC(C)(C)C.CNC(C)=O.CNC(C)=O.CNC(C)=O.CNS(C)(=O)=O.CNS(C)(=O)=O. The van der Waals surface area contributed by atoms with Crippen LogP contribution < -0.4 is 51.4 Å². The molecule has 0 aromatic heterocycles. The number of carbonyl (C=O) groups is 7. The van der Waals surface area contributed by atoms with E-state index in [1.165, 1.54) is 63.1 Å². The minimum Gasteiger partial charge on any atom is -0.453 e. The summed E-state index contributed by atoms with van der Waals surface area (Å²) < 4.78 is 75.4. The molecular weight excluding hydrogens is 873 g/mol. The van der Waals surface area contributed by atoms with Crippen LogP contribution in [0, 0.1) is 0 Å². The summed E-state index contributed by atoms with van der Waals surface area (Å²) in [6.07, 6.45) is 2.57. The zero-order valence-corrected chi connectivity index (χ0v) is 42.9. The molecule has 0 aliphatic heterocycles. The minimum atomic E-state index is -2.91. The van der Waals surface area contributed by atoms with Crippen LogP contribution in [-0.4, -0.2) is 168 Å². The van der Waals surface area contributed by atoms with E-state index in [0.717, 1.165) is 12.5 Å². The van der Waals surface area contributed by atoms with E-state index in [4.69, 9.17) is 4.74 Å². The average Bonchev–Trinajstić information content (AvgIpc) is 3.20. The molecule has 0 fully saturated rings. The summed E-state index contributed by atoms with van der Waals surface area (Å²) in [6, 6.07) is 0. The summed E-state index contributed by atoms with van der Waals surface area (Å²) in [5.41, 5.74) is -0.389. The van der Waals surface area contributed by atoms with Gasteiger partial charge in [-0.15, -0.1) is 0 Å². The molecule has 0 atom stereocenters. The smallest absolute Gasteiger partial charge is 0.407 e. The molecule has 0 radical (unpaired) electrons. The van der Waals surface area contributed by atoms with Gasteiger partial charge in [0.1, 0.15) is 5.60 Å². The van der Waals surface area contributed by atoms with Crippen LogP contribution in [0.15, 0.2) is 0 Å². The number of hydrogen-bond acceptors (Lipinski definition) is 15. The molecule has 0 saturated heterocycles. The van der Waals surface area contributed by atoms with Crippen molar-refractivity contribution in [2.75, 3.05) is 95.9 Å². The highest BCUT2D eigenvalue weighted by Crippen LogP contribution is 2.05. The molecule has 10 N–H and O–H groups in total. The van der Waals surface area contributed by atoms with E-state index in [1.807, 2.05) is 34.6 Å². The summed E-state index contributed by atoms with van der Waals surface area (Å²) in [5, 5.41) is 16.7. The Labute approximate surface area is 367 Å². The predicted molar refractivity (Wildman–Crippen MR) is 241 cm³/mol. The van der Waals surface area contributed by atoms with Crippen molar-refractivity contribution in [2.24, 2.45) is 0 Å². The molecule has 0 aliphatic rings. The van der Waals surface area contributed by atoms with E-state index in [0.29, 0.717) is 12.8 Å². The van der Waals surface area contributed by atoms with E-state index in [-0.39, 0.29) is 47.0 Å². The zero-order valence-electron chi connectivity index (χ0n) is 40.5. The molecule has 0 aromatic carbocycles. The lowest BCUT2D eigenvalue weighted by Crippen LogP contribution is -2.30. The Hall–Kier alpha value is -4.38. The van der Waals surface area contributed by atoms with Crippen LogP contribution >= 0.6 is 0 Å². The maximum absolute atomic E-state index is 10.5. The first kappa shape index (κ1) is 80.6. The van der Waals surface area contributed by atoms with Gasteiger partial charge in [0.25, 0.3) is 0 Å². The number of carbonyl (C=O) groups excluding carboxylic acids is 7. The number of ether oxygens (including phenoxy) is 2. The van der Waals surface area contributed by atoms with Crippen molar-refractivity contribution in [3.8, 4) is 0 Å². The molecule has 0 unspecified atom stereocenters. The zero-order chi connectivity index (χ0) is 51.6. The van der Waals surface area contributed by atoms with Crippen LogP contribution in [0.3, 0.4) is 0 Å². The fourth-order valence-electron chi connectivity index (χ4n) is 0.929. The molecule has 7 amide bonds. The van der Waals surface area contributed by atoms with Crippen LogP contribution in [-0.2, 0) is 63.5 Å². The second-order valence-corrected chi connectivity index (χ2v) is 17.1. The molecular formula is C33H82N10O15S3. The van der Waals surface area contributed by atoms with Gasteiger partial charge in [-0.05, 0) is 48.8 Å². The maximum atomic E-state index is 10.5. The number of amides is 7. The summed E-state index contributed by atoms with van der Waals surface area (Å²) in [5.74, 6) is 0.355.